The highest BCUT2D eigenvalue weighted by Gasteiger charge is 2.14. The number of hydrogen-bond donors (Lipinski definition) is 1. The van der Waals surface area contributed by atoms with Gasteiger partial charge in [-0.3, -0.25) is 10.1 Å². The average Bonchev–Trinajstić information content (AvgIpc) is 2.98. The minimum Gasteiger partial charge on any atom is -0.275 e. The number of pyridine rings is 2. The molecule has 0 aliphatic rings. The zero-order chi connectivity index (χ0) is 14.2. The minimum atomic E-state index is 0.854. The lowest BCUT2D eigenvalue weighted by molar-refractivity contribution is 0.986. The van der Waals surface area contributed by atoms with Crippen molar-refractivity contribution in [1.29, 1.82) is 0 Å². The fourth-order valence-corrected chi connectivity index (χ4v) is 2.71. The van der Waals surface area contributed by atoms with Crippen LogP contribution in [0.3, 0.4) is 0 Å². The zero-order valence-corrected chi connectivity index (χ0v) is 11.7. The third kappa shape index (κ3) is 1.80. The number of fused-ring (bicyclic) bond motifs is 3. The van der Waals surface area contributed by atoms with E-state index in [1.54, 1.807) is 6.20 Å². The van der Waals surface area contributed by atoms with Crippen LogP contribution in [0.15, 0.2) is 48.7 Å². The smallest absolute Gasteiger partial charge is 0.113 e. The van der Waals surface area contributed by atoms with Crippen LogP contribution in [0, 0.1) is 0 Å². The number of nitrogens with zero attached hydrogens (tertiary/aromatic N) is 3. The summed E-state index contributed by atoms with van der Waals surface area (Å²) in [5, 5.41) is 9.75. The van der Waals surface area contributed by atoms with Crippen molar-refractivity contribution in [2.75, 3.05) is 0 Å². The molecule has 4 rings (SSSR count). The molecule has 0 radical (unpaired) electrons. The summed E-state index contributed by atoms with van der Waals surface area (Å²) in [6, 6.07) is 14.1. The molecule has 0 saturated carbocycles. The highest BCUT2D eigenvalue weighted by molar-refractivity contribution is 6.09. The Hall–Kier alpha value is -2.75. The standard InChI is InChI=1S/C17H14N4/c1-2-13-17-16(21-20-13)12-8-4-3-7-11(12)15(19-17)14-9-5-6-10-18-14/h3-10H,2H2,1H3,(H,20,21). The third-order valence-electron chi connectivity index (χ3n) is 3.73. The van der Waals surface area contributed by atoms with Gasteiger partial charge in [0.2, 0.25) is 0 Å². The molecule has 1 N–H and O–H groups in total. The Morgan fingerprint density at radius 2 is 1.81 bits per heavy atom. The van der Waals surface area contributed by atoms with Crippen LogP contribution in [0.1, 0.15) is 12.6 Å². The van der Waals surface area contributed by atoms with Crippen LogP contribution in [0.2, 0.25) is 0 Å². The SMILES string of the molecule is CCc1n[nH]c2c1nc(-c1ccccn1)c1ccccc12. The van der Waals surface area contributed by atoms with E-state index in [2.05, 4.69) is 34.2 Å². The Morgan fingerprint density at radius 3 is 2.57 bits per heavy atom. The van der Waals surface area contributed by atoms with Gasteiger partial charge in [-0.05, 0) is 18.6 Å². The molecule has 0 unspecified atom stereocenters. The molecule has 1 aromatic carbocycles. The Kier molecular flexibility index (Phi) is 2.67. The maximum Gasteiger partial charge on any atom is 0.113 e. The van der Waals surface area contributed by atoms with Gasteiger partial charge in [0.25, 0.3) is 0 Å². The van der Waals surface area contributed by atoms with Gasteiger partial charge in [-0.25, -0.2) is 4.98 Å². The van der Waals surface area contributed by atoms with E-state index < -0.39 is 0 Å². The first-order valence-corrected chi connectivity index (χ1v) is 7.05. The summed E-state index contributed by atoms with van der Waals surface area (Å²) in [6.45, 7) is 2.09. The monoisotopic (exact) mass is 274 g/mol. The van der Waals surface area contributed by atoms with Crippen LogP contribution in [0.5, 0.6) is 0 Å². The fraction of sp³-hybridized carbons (Fsp3) is 0.118. The first kappa shape index (κ1) is 12.0. The molecule has 0 bridgehead atoms. The number of aromatic nitrogens is 4. The summed E-state index contributed by atoms with van der Waals surface area (Å²) >= 11 is 0. The van der Waals surface area contributed by atoms with Crippen LogP contribution in [0.25, 0.3) is 33.2 Å². The molecule has 3 aromatic heterocycles. The van der Waals surface area contributed by atoms with Gasteiger partial charge >= 0.3 is 0 Å². The van der Waals surface area contributed by atoms with E-state index in [0.29, 0.717) is 0 Å². The van der Waals surface area contributed by atoms with Crippen molar-refractivity contribution in [2.45, 2.75) is 13.3 Å². The molecule has 0 fully saturated rings. The number of H-pyrrole nitrogens is 1. The predicted octanol–water partition coefficient (Wildman–Crippen LogP) is 3.74. The van der Waals surface area contributed by atoms with Gasteiger partial charge in [0, 0.05) is 17.0 Å². The average molecular weight is 274 g/mol. The first-order chi connectivity index (χ1) is 10.4. The minimum absolute atomic E-state index is 0.854. The van der Waals surface area contributed by atoms with Crippen LogP contribution in [-0.4, -0.2) is 20.2 Å². The summed E-state index contributed by atoms with van der Waals surface area (Å²) in [7, 11) is 0. The molecule has 3 heterocycles. The topological polar surface area (TPSA) is 54.5 Å². The highest BCUT2D eigenvalue weighted by Crippen LogP contribution is 2.31. The summed E-state index contributed by atoms with van der Waals surface area (Å²) in [5.74, 6) is 0. The van der Waals surface area contributed by atoms with Gasteiger partial charge < -0.3 is 0 Å². The highest BCUT2D eigenvalue weighted by atomic mass is 15.1. The zero-order valence-electron chi connectivity index (χ0n) is 11.7. The summed E-state index contributed by atoms with van der Waals surface area (Å²) in [5.41, 5.74) is 4.74. The van der Waals surface area contributed by atoms with Crippen molar-refractivity contribution in [3.63, 3.8) is 0 Å². The van der Waals surface area contributed by atoms with Gasteiger partial charge in [0.05, 0.1) is 22.6 Å². The normalized spacial score (nSPS) is 11.3. The first-order valence-electron chi connectivity index (χ1n) is 7.05. The van der Waals surface area contributed by atoms with Crippen LogP contribution in [0.4, 0.5) is 0 Å². The van der Waals surface area contributed by atoms with Gasteiger partial charge in [0.15, 0.2) is 0 Å². The molecule has 102 valence electrons. The molecule has 4 aromatic rings. The molecule has 0 amide bonds. The Balaban J connectivity index is 2.17. The maximum atomic E-state index is 4.85. The van der Waals surface area contributed by atoms with Crippen molar-refractivity contribution >= 4 is 21.8 Å². The Labute approximate surface area is 121 Å². The second-order valence-corrected chi connectivity index (χ2v) is 4.97. The second kappa shape index (κ2) is 4.66. The van der Waals surface area contributed by atoms with Crippen LogP contribution < -0.4 is 0 Å². The van der Waals surface area contributed by atoms with Gasteiger partial charge in [0.1, 0.15) is 5.52 Å². The Morgan fingerprint density at radius 1 is 1.00 bits per heavy atom. The molecule has 0 spiro atoms. The van der Waals surface area contributed by atoms with E-state index in [1.807, 2.05) is 30.3 Å². The van der Waals surface area contributed by atoms with Crippen molar-refractivity contribution in [3.8, 4) is 11.4 Å². The quantitative estimate of drug-likeness (QED) is 0.606. The molecule has 0 saturated heterocycles. The van der Waals surface area contributed by atoms with Crippen LogP contribution >= 0.6 is 0 Å². The summed E-state index contributed by atoms with van der Waals surface area (Å²) < 4.78 is 0. The fourth-order valence-electron chi connectivity index (χ4n) is 2.71. The van der Waals surface area contributed by atoms with Gasteiger partial charge in [-0.2, -0.15) is 5.10 Å². The lowest BCUT2D eigenvalue weighted by atomic mass is 10.1. The molecule has 4 nitrogen and oxygen atoms in total. The molecular weight excluding hydrogens is 260 g/mol. The number of aryl methyl sites for hydroxylation is 1. The number of aromatic amines is 1. The molecule has 0 aliphatic carbocycles. The van der Waals surface area contributed by atoms with E-state index in [1.165, 1.54) is 0 Å². The lowest BCUT2D eigenvalue weighted by Gasteiger charge is -2.06. The Bertz CT molecular complexity index is 925. The van der Waals surface area contributed by atoms with Crippen molar-refractivity contribution < 1.29 is 0 Å². The largest absolute Gasteiger partial charge is 0.275 e. The van der Waals surface area contributed by atoms with E-state index >= 15 is 0 Å². The predicted molar refractivity (Wildman–Crippen MR) is 84.0 cm³/mol. The second-order valence-electron chi connectivity index (χ2n) is 4.97. The van der Waals surface area contributed by atoms with E-state index in [9.17, 15) is 0 Å². The van der Waals surface area contributed by atoms with E-state index in [-0.39, 0.29) is 0 Å². The van der Waals surface area contributed by atoms with Crippen molar-refractivity contribution in [1.82, 2.24) is 20.2 Å². The van der Waals surface area contributed by atoms with Gasteiger partial charge in [-0.1, -0.05) is 37.3 Å². The number of hydrogen-bond acceptors (Lipinski definition) is 3. The molecule has 0 aliphatic heterocycles. The van der Waals surface area contributed by atoms with Crippen molar-refractivity contribution in [2.24, 2.45) is 0 Å². The summed E-state index contributed by atoms with van der Waals surface area (Å²) in [4.78, 5) is 9.30. The molecule has 4 heteroatoms. The van der Waals surface area contributed by atoms with E-state index in [4.69, 9.17) is 4.98 Å². The summed E-state index contributed by atoms with van der Waals surface area (Å²) in [6.07, 6.45) is 2.65. The molecule has 0 atom stereocenters. The number of rotatable bonds is 2. The number of benzene rings is 1. The molecular formula is C17H14N4. The molecule has 21 heavy (non-hydrogen) atoms. The van der Waals surface area contributed by atoms with E-state index in [0.717, 1.165) is 45.3 Å². The number of nitrogens with one attached hydrogen (secondary N) is 1. The third-order valence-corrected chi connectivity index (χ3v) is 3.73. The maximum absolute atomic E-state index is 4.85. The van der Waals surface area contributed by atoms with Gasteiger partial charge in [-0.15, -0.1) is 0 Å². The van der Waals surface area contributed by atoms with Crippen molar-refractivity contribution in [3.05, 3.63) is 54.4 Å². The van der Waals surface area contributed by atoms with Crippen LogP contribution in [-0.2, 0) is 6.42 Å². The lowest BCUT2D eigenvalue weighted by Crippen LogP contribution is -1.91.